The second-order valence-corrected chi connectivity index (χ2v) is 8.21. The number of amides is 1. The predicted molar refractivity (Wildman–Crippen MR) is 123 cm³/mol. The van der Waals surface area contributed by atoms with Crippen molar-refractivity contribution in [2.45, 2.75) is 13.0 Å². The monoisotopic (exact) mass is 456 g/mol. The Morgan fingerprint density at radius 3 is 2.84 bits per heavy atom. The molecular formula is C22H21ClN4O3S. The lowest BCUT2D eigenvalue weighted by Crippen LogP contribution is -2.32. The first-order valence-electron chi connectivity index (χ1n) is 9.65. The largest absolute Gasteiger partial charge is 0.493 e. The van der Waals surface area contributed by atoms with E-state index >= 15 is 0 Å². The first kappa shape index (κ1) is 21.1. The summed E-state index contributed by atoms with van der Waals surface area (Å²) in [6.07, 6.45) is 6.13. The van der Waals surface area contributed by atoms with Crippen molar-refractivity contribution in [2.75, 3.05) is 25.7 Å². The Morgan fingerprint density at radius 2 is 2.10 bits per heavy atom. The molecule has 4 aromatic rings. The number of carbonyl (C=O) groups excluding carboxylic acids is 1. The zero-order valence-corrected chi connectivity index (χ0v) is 18.7. The summed E-state index contributed by atoms with van der Waals surface area (Å²) in [6.45, 7) is 1.21. The van der Waals surface area contributed by atoms with Crippen LogP contribution in [-0.4, -0.2) is 41.2 Å². The minimum Gasteiger partial charge on any atom is -0.493 e. The number of aromatic nitrogens is 3. The first-order chi connectivity index (χ1) is 15.1. The molecule has 0 aliphatic heterocycles. The van der Waals surface area contributed by atoms with Gasteiger partial charge in [-0.2, -0.15) is 0 Å². The molecule has 0 radical (unpaired) electrons. The van der Waals surface area contributed by atoms with E-state index in [0.717, 1.165) is 23.2 Å². The lowest BCUT2D eigenvalue weighted by atomic mass is 10.1. The third-order valence-corrected chi connectivity index (χ3v) is 6.08. The van der Waals surface area contributed by atoms with E-state index in [1.54, 1.807) is 48.8 Å². The van der Waals surface area contributed by atoms with E-state index in [0.29, 0.717) is 33.8 Å². The number of hydrogen-bond acceptors (Lipinski definition) is 6. The number of rotatable bonds is 8. The fraction of sp³-hybridized carbons (Fsp3) is 0.227. The van der Waals surface area contributed by atoms with E-state index in [9.17, 15) is 4.79 Å². The molecule has 4 rings (SSSR count). The van der Waals surface area contributed by atoms with Crippen molar-refractivity contribution in [3.63, 3.8) is 0 Å². The molecule has 1 amide bonds. The molecule has 0 atom stereocenters. The molecule has 0 aliphatic carbocycles. The molecule has 7 nitrogen and oxygen atoms in total. The summed E-state index contributed by atoms with van der Waals surface area (Å²) in [5, 5.41) is 1.24. The highest BCUT2D eigenvalue weighted by molar-refractivity contribution is 7.22. The summed E-state index contributed by atoms with van der Waals surface area (Å²) in [5.74, 6) is 0.702. The lowest BCUT2D eigenvalue weighted by Gasteiger charge is -2.22. The van der Waals surface area contributed by atoms with Crippen LogP contribution < -0.4 is 14.4 Å². The summed E-state index contributed by atoms with van der Waals surface area (Å²) in [5.41, 5.74) is 1.22. The number of ether oxygens (including phenoxy) is 2. The minimum atomic E-state index is -0.202. The van der Waals surface area contributed by atoms with Gasteiger partial charge in [0.1, 0.15) is 0 Å². The number of thiazole rings is 1. The normalized spacial score (nSPS) is 10.9. The molecule has 0 saturated heterocycles. The van der Waals surface area contributed by atoms with E-state index < -0.39 is 0 Å². The standard InChI is InChI=1S/C22H21ClN4O3S/c1-29-18-6-3-5-16(20(18)30-2)21(28)27(11-4-10-26-12-9-24-14-26)22-25-17-8-7-15(23)13-19(17)31-22/h3,5-9,12-14H,4,10-11H2,1-2H3. The molecule has 0 spiro atoms. The molecule has 2 aromatic heterocycles. The van der Waals surface area contributed by atoms with Crippen molar-refractivity contribution in [3.05, 3.63) is 65.7 Å². The number of carbonyl (C=O) groups is 1. The second kappa shape index (κ2) is 9.36. The van der Waals surface area contributed by atoms with Gasteiger partial charge in [0.05, 0.1) is 36.3 Å². The molecule has 31 heavy (non-hydrogen) atoms. The third kappa shape index (κ3) is 4.50. The van der Waals surface area contributed by atoms with Gasteiger partial charge in [0.15, 0.2) is 16.6 Å². The van der Waals surface area contributed by atoms with Crippen LogP contribution in [-0.2, 0) is 6.54 Å². The Bertz CT molecular complexity index is 1190. The van der Waals surface area contributed by atoms with E-state index in [1.165, 1.54) is 18.4 Å². The van der Waals surface area contributed by atoms with Gasteiger partial charge in [-0.05, 0) is 36.8 Å². The number of hydrogen-bond donors (Lipinski definition) is 0. The topological polar surface area (TPSA) is 69.5 Å². The first-order valence-corrected chi connectivity index (χ1v) is 10.8. The van der Waals surface area contributed by atoms with Crippen LogP contribution in [0.1, 0.15) is 16.8 Å². The van der Waals surface area contributed by atoms with Gasteiger partial charge in [-0.15, -0.1) is 0 Å². The maximum Gasteiger partial charge on any atom is 0.263 e. The van der Waals surface area contributed by atoms with Gasteiger partial charge < -0.3 is 14.0 Å². The Kier molecular flexibility index (Phi) is 6.39. The molecule has 0 N–H and O–H groups in total. The van der Waals surface area contributed by atoms with Gasteiger partial charge in [-0.25, -0.2) is 9.97 Å². The van der Waals surface area contributed by atoms with Gasteiger partial charge in [0.2, 0.25) is 0 Å². The average Bonchev–Trinajstić information content (AvgIpc) is 3.45. The molecule has 0 fully saturated rings. The maximum atomic E-state index is 13.6. The number of imidazole rings is 1. The number of para-hydroxylation sites is 1. The molecule has 0 aliphatic rings. The highest BCUT2D eigenvalue weighted by atomic mass is 35.5. The van der Waals surface area contributed by atoms with Gasteiger partial charge in [-0.3, -0.25) is 9.69 Å². The Balaban J connectivity index is 1.69. The number of halogens is 1. The Labute approximate surface area is 188 Å². The molecule has 2 aromatic carbocycles. The van der Waals surface area contributed by atoms with Gasteiger partial charge >= 0.3 is 0 Å². The zero-order chi connectivity index (χ0) is 21.8. The summed E-state index contributed by atoms with van der Waals surface area (Å²) >= 11 is 7.57. The van der Waals surface area contributed by atoms with E-state index in [1.807, 2.05) is 22.9 Å². The maximum absolute atomic E-state index is 13.6. The highest BCUT2D eigenvalue weighted by Crippen LogP contribution is 2.35. The predicted octanol–water partition coefficient (Wildman–Crippen LogP) is 4.90. The van der Waals surface area contributed by atoms with E-state index in [2.05, 4.69) is 9.97 Å². The van der Waals surface area contributed by atoms with Crippen LogP contribution in [0.15, 0.2) is 55.1 Å². The molecular weight excluding hydrogens is 436 g/mol. The number of anilines is 1. The molecule has 2 heterocycles. The van der Waals surface area contributed by atoms with E-state index in [4.69, 9.17) is 21.1 Å². The number of fused-ring (bicyclic) bond motifs is 1. The average molecular weight is 457 g/mol. The molecule has 0 saturated carbocycles. The summed E-state index contributed by atoms with van der Waals surface area (Å²) in [7, 11) is 3.07. The summed E-state index contributed by atoms with van der Waals surface area (Å²) in [4.78, 5) is 24.1. The number of nitrogens with zero attached hydrogens (tertiary/aromatic N) is 4. The minimum absolute atomic E-state index is 0.202. The fourth-order valence-electron chi connectivity index (χ4n) is 3.32. The van der Waals surface area contributed by atoms with Crippen LogP contribution in [0.4, 0.5) is 5.13 Å². The van der Waals surface area contributed by atoms with Crippen molar-refractivity contribution in [1.29, 1.82) is 0 Å². The van der Waals surface area contributed by atoms with Gasteiger partial charge in [-0.1, -0.05) is 29.0 Å². The van der Waals surface area contributed by atoms with Crippen molar-refractivity contribution in [3.8, 4) is 11.5 Å². The molecule has 0 unspecified atom stereocenters. The van der Waals surface area contributed by atoms with Crippen molar-refractivity contribution in [1.82, 2.24) is 14.5 Å². The number of methoxy groups -OCH3 is 2. The van der Waals surface area contributed by atoms with Crippen LogP contribution >= 0.6 is 22.9 Å². The van der Waals surface area contributed by atoms with Crippen LogP contribution in [0.5, 0.6) is 11.5 Å². The molecule has 160 valence electrons. The quantitative estimate of drug-likeness (QED) is 0.377. The number of benzene rings is 2. The summed E-state index contributed by atoms with van der Waals surface area (Å²) in [6, 6.07) is 10.8. The van der Waals surface area contributed by atoms with Crippen LogP contribution in [0.2, 0.25) is 5.02 Å². The van der Waals surface area contributed by atoms with Crippen molar-refractivity contribution in [2.24, 2.45) is 0 Å². The molecule has 9 heteroatoms. The van der Waals surface area contributed by atoms with Crippen LogP contribution in [0.3, 0.4) is 0 Å². The van der Waals surface area contributed by atoms with Crippen molar-refractivity contribution >= 4 is 44.2 Å². The Morgan fingerprint density at radius 1 is 1.23 bits per heavy atom. The van der Waals surface area contributed by atoms with Crippen LogP contribution in [0, 0.1) is 0 Å². The molecule has 0 bridgehead atoms. The summed E-state index contributed by atoms with van der Waals surface area (Å²) < 4.78 is 13.8. The number of aryl methyl sites for hydroxylation is 1. The second-order valence-electron chi connectivity index (χ2n) is 6.76. The van der Waals surface area contributed by atoms with Gasteiger partial charge in [0.25, 0.3) is 5.91 Å². The highest BCUT2D eigenvalue weighted by Gasteiger charge is 2.25. The Hall–Kier alpha value is -3.10. The van der Waals surface area contributed by atoms with E-state index in [-0.39, 0.29) is 5.91 Å². The third-order valence-electron chi connectivity index (χ3n) is 4.81. The van der Waals surface area contributed by atoms with Gasteiger partial charge in [0, 0.05) is 30.5 Å². The smallest absolute Gasteiger partial charge is 0.263 e. The van der Waals surface area contributed by atoms with Crippen LogP contribution in [0.25, 0.3) is 10.2 Å². The fourth-order valence-corrected chi connectivity index (χ4v) is 4.58. The van der Waals surface area contributed by atoms with Crippen molar-refractivity contribution < 1.29 is 14.3 Å². The lowest BCUT2D eigenvalue weighted by molar-refractivity contribution is 0.0982. The SMILES string of the molecule is COc1cccc(C(=O)N(CCCn2ccnc2)c2nc3ccc(Cl)cc3s2)c1OC. The zero-order valence-electron chi connectivity index (χ0n) is 17.1.